The molecular formula is C17H20N4O4. The van der Waals surface area contributed by atoms with E-state index in [9.17, 15) is 4.79 Å². The minimum absolute atomic E-state index is 0.00390. The first-order valence-corrected chi connectivity index (χ1v) is 8.17. The number of rotatable bonds is 4. The third kappa shape index (κ3) is 2.89. The Balaban J connectivity index is 1.60. The summed E-state index contributed by atoms with van der Waals surface area (Å²) in [6.45, 7) is 1.23. The number of benzene rings is 1. The molecule has 2 aromatic rings. The molecule has 1 fully saturated rings. The molecule has 8 heteroatoms. The Morgan fingerprint density at radius 2 is 2.28 bits per heavy atom. The molecule has 1 saturated heterocycles. The maximum Gasteiger partial charge on any atom is 0.258 e. The van der Waals surface area contributed by atoms with Crippen LogP contribution in [-0.4, -0.2) is 53.2 Å². The molecule has 1 aromatic carbocycles. The number of likely N-dealkylation sites (tertiary alicyclic amines) is 1. The first-order chi connectivity index (χ1) is 12.2. The summed E-state index contributed by atoms with van der Waals surface area (Å²) in [5.41, 5.74) is 6.20. The van der Waals surface area contributed by atoms with Gasteiger partial charge in [-0.05, 0) is 24.6 Å². The summed E-state index contributed by atoms with van der Waals surface area (Å²) >= 11 is 0. The van der Waals surface area contributed by atoms with E-state index in [1.807, 2.05) is 11.1 Å². The SMILES string of the molecule is CO[C@@H]1C[C@@H](Cn2ccc(N)n2)N(C(=O)c2cccc3c2OCO3)C1. The molecule has 0 unspecified atom stereocenters. The zero-order chi connectivity index (χ0) is 17.4. The zero-order valence-electron chi connectivity index (χ0n) is 13.9. The second-order valence-electron chi connectivity index (χ2n) is 6.21. The Hall–Kier alpha value is -2.74. The largest absolute Gasteiger partial charge is 0.454 e. The Morgan fingerprint density at radius 3 is 3.04 bits per heavy atom. The van der Waals surface area contributed by atoms with E-state index in [2.05, 4.69) is 5.10 Å². The molecule has 3 heterocycles. The molecule has 2 aliphatic rings. The number of para-hydroxylation sites is 1. The van der Waals surface area contributed by atoms with Crippen LogP contribution in [-0.2, 0) is 11.3 Å². The molecule has 1 amide bonds. The summed E-state index contributed by atoms with van der Waals surface area (Å²) in [7, 11) is 1.67. The van der Waals surface area contributed by atoms with Gasteiger partial charge in [0, 0.05) is 19.9 Å². The van der Waals surface area contributed by atoms with Gasteiger partial charge in [-0.15, -0.1) is 0 Å². The zero-order valence-corrected chi connectivity index (χ0v) is 13.9. The van der Waals surface area contributed by atoms with Gasteiger partial charge >= 0.3 is 0 Å². The summed E-state index contributed by atoms with van der Waals surface area (Å²) in [4.78, 5) is 15.0. The third-order valence-electron chi connectivity index (χ3n) is 4.66. The maximum absolute atomic E-state index is 13.2. The highest BCUT2D eigenvalue weighted by molar-refractivity contribution is 5.98. The van der Waals surface area contributed by atoms with Crippen molar-refractivity contribution in [3.05, 3.63) is 36.0 Å². The molecule has 25 heavy (non-hydrogen) atoms. The first-order valence-electron chi connectivity index (χ1n) is 8.17. The lowest BCUT2D eigenvalue weighted by molar-refractivity contribution is 0.0674. The average Bonchev–Trinajstić information content (AvgIpc) is 3.33. The lowest BCUT2D eigenvalue weighted by atomic mass is 10.1. The number of carbonyl (C=O) groups is 1. The first kappa shape index (κ1) is 15.8. The molecule has 4 rings (SSSR count). The van der Waals surface area contributed by atoms with Crippen LogP contribution >= 0.6 is 0 Å². The highest BCUT2D eigenvalue weighted by atomic mass is 16.7. The molecule has 2 aliphatic heterocycles. The van der Waals surface area contributed by atoms with Gasteiger partial charge in [-0.25, -0.2) is 0 Å². The van der Waals surface area contributed by atoms with E-state index in [4.69, 9.17) is 19.9 Å². The Labute approximate surface area is 145 Å². The molecule has 0 bridgehead atoms. The van der Waals surface area contributed by atoms with Crippen molar-refractivity contribution in [1.82, 2.24) is 14.7 Å². The predicted molar refractivity (Wildman–Crippen MR) is 89.4 cm³/mol. The Morgan fingerprint density at radius 1 is 1.40 bits per heavy atom. The number of methoxy groups -OCH3 is 1. The second-order valence-corrected chi connectivity index (χ2v) is 6.21. The predicted octanol–water partition coefficient (Wildman–Crippen LogP) is 1.12. The van der Waals surface area contributed by atoms with Crippen LogP contribution < -0.4 is 15.2 Å². The van der Waals surface area contributed by atoms with Crippen molar-refractivity contribution in [2.45, 2.75) is 25.1 Å². The van der Waals surface area contributed by atoms with Crippen LogP contribution in [0, 0.1) is 0 Å². The van der Waals surface area contributed by atoms with E-state index in [1.54, 1.807) is 36.1 Å². The minimum Gasteiger partial charge on any atom is -0.454 e. The number of nitrogens with two attached hydrogens (primary N) is 1. The number of hydrogen-bond acceptors (Lipinski definition) is 6. The molecule has 2 atom stereocenters. The van der Waals surface area contributed by atoms with Crippen LogP contribution in [0.4, 0.5) is 5.82 Å². The molecule has 0 saturated carbocycles. The normalized spacial score (nSPS) is 21.7. The third-order valence-corrected chi connectivity index (χ3v) is 4.66. The summed E-state index contributed by atoms with van der Waals surface area (Å²) in [5, 5.41) is 4.22. The molecule has 0 spiro atoms. The maximum atomic E-state index is 13.2. The highest BCUT2D eigenvalue weighted by Crippen LogP contribution is 2.37. The van der Waals surface area contributed by atoms with Crippen molar-refractivity contribution in [3.8, 4) is 11.5 Å². The molecule has 8 nitrogen and oxygen atoms in total. The van der Waals surface area contributed by atoms with Crippen molar-refractivity contribution >= 4 is 11.7 Å². The van der Waals surface area contributed by atoms with Gasteiger partial charge in [0.15, 0.2) is 11.5 Å². The van der Waals surface area contributed by atoms with E-state index in [-0.39, 0.29) is 24.8 Å². The highest BCUT2D eigenvalue weighted by Gasteiger charge is 2.37. The minimum atomic E-state index is -0.0907. The van der Waals surface area contributed by atoms with Gasteiger partial charge in [-0.2, -0.15) is 5.10 Å². The van der Waals surface area contributed by atoms with Crippen LogP contribution in [0.2, 0.25) is 0 Å². The summed E-state index contributed by atoms with van der Waals surface area (Å²) < 4.78 is 18.1. The number of nitrogens with zero attached hydrogens (tertiary/aromatic N) is 3. The number of ether oxygens (including phenoxy) is 3. The number of hydrogen-bond donors (Lipinski definition) is 1. The van der Waals surface area contributed by atoms with Gasteiger partial charge in [0.2, 0.25) is 6.79 Å². The lowest BCUT2D eigenvalue weighted by Gasteiger charge is -2.25. The standard InChI is InChI=1S/C17H20N4O4/c1-23-12-7-11(8-20-6-5-15(18)19-20)21(9-12)17(22)13-3-2-4-14-16(13)25-10-24-14/h2-6,11-12H,7-10H2,1H3,(H2,18,19)/t11-,12+/m0/s1. The second kappa shape index (κ2) is 6.29. The fraction of sp³-hybridized carbons (Fsp3) is 0.412. The van der Waals surface area contributed by atoms with Gasteiger partial charge < -0.3 is 24.8 Å². The van der Waals surface area contributed by atoms with E-state index < -0.39 is 0 Å². The number of anilines is 1. The Bertz CT molecular complexity index is 791. The molecule has 1 aromatic heterocycles. The average molecular weight is 344 g/mol. The van der Waals surface area contributed by atoms with Crippen molar-refractivity contribution in [1.29, 1.82) is 0 Å². The van der Waals surface area contributed by atoms with E-state index in [0.29, 0.717) is 36.0 Å². The summed E-state index contributed by atoms with van der Waals surface area (Å²) in [5.74, 6) is 1.48. The summed E-state index contributed by atoms with van der Waals surface area (Å²) in [6, 6.07) is 7.07. The van der Waals surface area contributed by atoms with E-state index in [0.717, 1.165) is 6.42 Å². The smallest absolute Gasteiger partial charge is 0.258 e. The van der Waals surface area contributed by atoms with Gasteiger partial charge in [0.25, 0.3) is 5.91 Å². The van der Waals surface area contributed by atoms with Crippen molar-refractivity contribution in [3.63, 3.8) is 0 Å². The molecule has 0 aliphatic carbocycles. The Kier molecular flexibility index (Phi) is 3.96. The van der Waals surface area contributed by atoms with E-state index in [1.165, 1.54) is 0 Å². The fourth-order valence-electron chi connectivity index (χ4n) is 3.41. The van der Waals surface area contributed by atoms with Crippen molar-refractivity contribution in [2.75, 3.05) is 26.2 Å². The van der Waals surface area contributed by atoms with Gasteiger partial charge in [0.1, 0.15) is 5.82 Å². The van der Waals surface area contributed by atoms with Crippen LogP contribution in [0.15, 0.2) is 30.5 Å². The quantitative estimate of drug-likeness (QED) is 0.894. The number of nitrogen functional groups attached to an aromatic ring is 1. The van der Waals surface area contributed by atoms with Crippen molar-refractivity contribution < 1.29 is 19.0 Å². The summed E-state index contributed by atoms with van der Waals surface area (Å²) in [6.07, 6.45) is 2.56. The van der Waals surface area contributed by atoms with Crippen LogP contribution in [0.25, 0.3) is 0 Å². The fourth-order valence-corrected chi connectivity index (χ4v) is 3.41. The van der Waals surface area contributed by atoms with Crippen molar-refractivity contribution in [2.24, 2.45) is 0 Å². The van der Waals surface area contributed by atoms with Crippen LogP contribution in [0.1, 0.15) is 16.8 Å². The van der Waals surface area contributed by atoms with Gasteiger partial charge in [-0.1, -0.05) is 6.07 Å². The molecule has 0 radical (unpaired) electrons. The van der Waals surface area contributed by atoms with E-state index >= 15 is 0 Å². The molecule has 132 valence electrons. The topological polar surface area (TPSA) is 91.8 Å². The monoisotopic (exact) mass is 344 g/mol. The number of amides is 1. The van der Waals surface area contributed by atoms with Gasteiger partial charge in [-0.3, -0.25) is 9.48 Å². The van der Waals surface area contributed by atoms with Crippen LogP contribution in [0.3, 0.4) is 0 Å². The lowest BCUT2D eigenvalue weighted by Crippen LogP contribution is -2.38. The number of fused-ring (bicyclic) bond motifs is 1. The van der Waals surface area contributed by atoms with Crippen LogP contribution in [0.5, 0.6) is 11.5 Å². The number of aromatic nitrogens is 2. The molecule has 2 N–H and O–H groups in total. The molecular weight excluding hydrogens is 324 g/mol. The van der Waals surface area contributed by atoms with Gasteiger partial charge in [0.05, 0.1) is 24.3 Å². The number of carbonyl (C=O) groups excluding carboxylic acids is 1.